The third kappa shape index (κ3) is 3.20. The molecule has 0 radical (unpaired) electrons. The first-order chi connectivity index (χ1) is 8.83. The summed E-state index contributed by atoms with van der Waals surface area (Å²) >= 11 is 0. The van der Waals surface area contributed by atoms with E-state index in [1.54, 1.807) is 0 Å². The Bertz CT molecular complexity index is 398. The van der Waals surface area contributed by atoms with Gasteiger partial charge in [-0.3, -0.25) is 0 Å². The Labute approximate surface area is 118 Å². The lowest BCUT2D eigenvalue weighted by Crippen LogP contribution is -2.34. The molecule has 19 heavy (non-hydrogen) atoms. The molecule has 2 rings (SSSR count). The molecule has 0 fully saturated rings. The van der Waals surface area contributed by atoms with Gasteiger partial charge in [0.1, 0.15) is 0 Å². The molecule has 0 aromatic rings. The molecule has 0 spiro atoms. The highest BCUT2D eigenvalue weighted by molar-refractivity contribution is 5.14. The van der Waals surface area contributed by atoms with Gasteiger partial charge in [0.05, 0.1) is 6.10 Å². The lowest BCUT2D eigenvalue weighted by atomic mass is 9.68. The minimum Gasteiger partial charge on any atom is -0.388 e. The van der Waals surface area contributed by atoms with Crippen molar-refractivity contribution in [2.75, 3.05) is 0 Å². The number of aliphatic hydroxyl groups is 1. The van der Waals surface area contributed by atoms with Crippen molar-refractivity contribution in [2.24, 2.45) is 22.7 Å². The Morgan fingerprint density at radius 3 is 2.26 bits per heavy atom. The van der Waals surface area contributed by atoms with E-state index in [1.807, 2.05) is 6.08 Å². The van der Waals surface area contributed by atoms with Gasteiger partial charge in [0.25, 0.3) is 0 Å². The van der Waals surface area contributed by atoms with Gasteiger partial charge in [-0.15, -0.1) is 0 Å². The van der Waals surface area contributed by atoms with E-state index in [-0.39, 0.29) is 17.4 Å². The molecule has 0 aliphatic heterocycles. The van der Waals surface area contributed by atoms with Gasteiger partial charge >= 0.3 is 0 Å². The van der Waals surface area contributed by atoms with Crippen LogP contribution in [0.5, 0.6) is 0 Å². The van der Waals surface area contributed by atoms with Gasteiger partial charge in [-0.25, -0.2) is 0 Å². The molecule has 1 heteroatoms. The molecule has 2 aliphatic carbocycles. The molecule has 106 valence electrons. The zero-order chi connectivity index (χ0) is 14.1. The van der Waals surface area contributed by atoms with Crippen molar-refractivity contribution >= 4 is 0 Å². The molecule has 0 aromatic carbocycles. The van der Waals surface area contributed by atoms with E-state index in [9.17, 15) is 5.11 Å². The average molecular weight is 260 g/mol. The maximum absolute atomic E-state index is 10.2. The van der Waals surface area contributed by atoms with Crippen molar-refractivity contribution in [1.29, 1.82) is 0 Å². The summed E-state index contributed by atoms with van der Waals surface area (Å²) in [5, 5.41) is 10.2. The van der Waals surface area contributed by atoms with Gasteiger partial charge in [-0.1, -0.05) is 64.2 Å². The highest BCUT2D eigenvalue weighted by Gasteiger charge is 2.35. The first-order valence-electron chi connectivity index (χ1n) is 7.51. The Hall–Kier alpha value is -0.820. The minimum absolute atomic E-state index is 0.152. The van der Waals surface area contributed by atoms with Crippen LogP contribution in [0.2, 0.25) is 0 Å². The van der Waals surface area contributed by atoms with Crippen LogP contribution < -0.4 is 0 Å². The highest BCUT2D eigenvalue weighted by Crippen LogP contribution is 2.41. The van der Waals surface area contributed by atoms with Crippen molar-refractivity contribution in [3.05, 3.63) is 36.5 Å². The molecule has 0 heterocycles. The van der Waals surface area contributed by atoms with Crippen LogP contribution in [0.3, 0.4) is 0 Å². The predicted octanol–water partition coefficient (Wildman–Crippen LogP) is 4.50. The van der Waals surface area contributed by atoms with E-state index in [1.165, 1.54) is 0 Å². The van der Waals surface area contributed by atoms with Gasteiger partial charge in [0.2, 0.25) is 0 Å². The second-order valence-corrected chi connectivity index (χ2v) is 7.53. The van der Waals surface area contributed by atoms with Crippen LogP contribution >= 0.6 is 0 Å². The van der Waals surface area contributed by atoms with Crippen LogP contribution in [-0.2, 0) is 0 Å². The summed E-state index contributed by atoms with van der Waals surface area (Å²) < 4.78 is 0. The molecule has 0 saturated heterocycles. The Morgan fingerprint density at radius 2 is 1.63 bits per heavy atom. The van der Waals surface area contributed by atoms with Gasteiger partial charge in [-0.05, 0) is 36.0 Å². The summed E-state index contributed by atoms with van der Waals surface area (Å²) in [6, 6.07) is 0. The normalized spacial score (nSPS) is 36.8. The van der Waals surface area contributed by atoms with Gasteiger partial charge in [-0.2, -0.15) is 0 Å². The zero-order valence-corrected chi connectivity index (χ0v) is 12.8. The third-order valence-electron chi connectivity index (χ3n) is 5.00. The predicted molar refractivity (Wildman–Crippen MR) is 81.8 cm³/mol. The van der Waals surface area contributed by atoms with E-state index in [0.717, 1.165) is 19.3 Å². The molecule has 0 saturated carbocycles. The number of rotatable bonds is 2. The Morgan fingerprint density at radius 1 is 0.947 bits per heavy atom. The summed E-state index contributed by atoms with van der Waals surface area (Å²) in [5.74, 6) is 0.825. The largest absolute Gasteiger partial charge is 0.388 e. The lowest BCUT2D eigenvalue weighted by Gasteiger charge is -2.38. The summed E-state index contributed by atoms with van der Waals surface area (Å²) in [7, 11) is 0. The molecule has 3 atom stereocenters. The van der Waals surface area contributed by atoms with Crippen LogP contribution in [-0.4, -0.2) is 11.2 Å². The number of aliphatic hydroxyl groups excluding tert-OH is 1. The number of allylic oxidation sites excluding steroid dienone is 4. The van der Waals surface area contributed by atoms with Crippen LogP contribution in [0.4, 0.5) is 0 Å². The van der Waals surface area contributed by atoms with E-state index < -0.39 is 0 Å². The fourth-order valence-corrected chi connectivity index (χ4v) is 3.30. The Balaban J connectivity index is 2.13. The molecule has 0 amide bonds. The quantitative estimate of drug-likeness (QED) is 0.725. The topological polar surface area (TPSA) is 20.2 Å². The molecule has 2 aliphatic rings. The van der Waals surface area contributed by atoms with E-state index >= 15 is 0 Å². The van der Waals surface area contributed by atoms with Crippen LogP contribution in [0.1, 0.15) is 47.0 Å². The van der Waals surface area contributed by atoms with Crippen molar-refractivity contribution in [2.45, 2.75) is 53.1 Å². The monoisotopic (exact) mass is 260 g/mol. The first kappa shape index (κ1) is 14.6. The lowest BCUT2D eigenvalue weighted by molar-refractivity contribution is 0.0877. The van der Waals surface area contributed by atoms with Crippen molar-refractivity contribution in [1.82, 2.24) is 0 Å². The summed E-state index contributed by atoms with van der Waals surface area (Å²) in [6.45, 7) is 9.18. The molecular weight excluding hydrogens is 232 g/mol. The highest BCUT2D eigenvalue weighted by atomic mass is 16.3. The molecule has 3 unspecified atom stereocenters. The standard InChI is InChI=1S/C18H28O/c1-17(2)12-6-5-8-14(17)10-11-15-16(19)9-7-13-18(15,3)4/h5-7,9-11,14-16,19H,8,12-13H2,1-4H3/b11-10+. The molecule has 0 bridgehead atoms. The van der Waals surface area contributed by atoms with Gasteiger partial charge in [0, 0.05) is 5.92 Å². The smallest absolute Gasteiger partial charge is 0.0788 e. The van der Waals surface area contributed by atoms with Gasteiger partial charge in [0.15, 0.2) is 0 Å². The Kier molecular flexibility index (Phi) is 4.06. The fourth-order valence-electron chi connectivity index (χ4n) is 3.30. The maximum Gasteiger partial charge on any atom is 0.0788 e. The van der Waals surface area contributed by atoms with E-state index in [0.29, 0.717) is 11.3 Å². The summed E-state index contributed by atoms with van der Waals surface area (Å²) in [4.78, 5) is 0. The minimum atomic E-state index is -0.331. The van der Waals surface area contributed by atoms with Crippen molar-refractivity contribution in [3.8, 4) is 0 Å². The third-order valence-corrected chi connectivity index (χ3v) is 5.00. The van der Waals surface area contributed by atoms with Crippen LogP contribution in [0.15, 0.2) is 36.5 Å². The molecule has 1 N–H and O–H groups in total. The van der Waals surface area contributed by atoms with Crippen LogP contribution in [0, 0.1) is 22.7 Å². The van der Waals surface area contributed by atoms with E-state index in [2.05, 4.69) is 58.1 Å². The van der Waals surface area contributed by atoms with Crippen molar-refractivity contribution < 1.29 is 5.11 Å². The maximum atomic E-state index is 10.2. The fraction of sp³-hybridized carbons (Fsp3) is 0.667. The first-order valence-corrected chi connectivity index (χ1v) is 7.51. The zero-order valence-electron chi connectivity index (χ0n) is 12.8. The number of hydrogen-bond acceptors (Lipinski definition) is 1. The molecule has 1 nitrogen and oxygen atoms in total. The summed E-state index contributed by atoms with van der Waals surface area (Å²) in [5.41, 5.74) is 0.490. The summed E-state index contributed by atoms with van der Waals surface area (Å²) in [6.07, 6.45) is 16.3. The van der Waals surface area contributed by atoms with Gasteiger partial charge < -0.3 is 5.11 Å². The second-order valence-electron chi connectivity index (χ2n) is 7.53. The SMILES string of the molecule is CC1(C)CC=CCC1/C=C/C1C(O)C=CCC1(C)C. The van der Waals surface area contributed by atoms with Crippen molar-refractivity contribution in [3.63, 3.8) is 0 Å². The molecular formula is C18H28O. The molecule has 0 aromatic heterocycles. The second kappa shape index (κ2) is 5.28. The average Bonchev–Trinajstić information content (AvgIpc) is 2.29. The number of hydrogen-bond donors (Lipinski definition) is 1. The van der Waals surface area contributed by atoms with E-state index in [4.69, 9.17) is 0 Å². The van der Waals surface area contributed by atoms with Crippen LogP contribution in [0.25, 0.3) is 0 Å².